The van der Waals surface area contributed by atoms with Gasteiger partial charge in [0.1, 0.15) is 0 Å². The van der Waals surface area contributed by atoms with Crippen LogP contribution in [0, 0.1) is 5.92 Å². The van der Waals surface area contributed by atoms with Crippen molar-refractivity contribution in [3.63, 3.8) is 0 Å². The van der Waals surface area contributed by atoms with E-state index in [1.807, 2.05) is 0 Å². The van der Waals surface area contributed by atoms with Gasteiger partial charge in [-0.05, 0) is 125 Å². The average molecular weight is 840 g/mol. The minimum Gasteiger partial charge on any atom is -0.347 e. The molecule has 0 saturated carbocycles. The van der Waals surface area contributed by atoms with Crippen LogP contribution in [-0.2, 0) is 0 Å². The molecule has 1 aliphatic rings. The molecular formula is C62H56BN2. The Labute approximate surface area is 387 Å². The van der Waals surface area contributed by atoms with E-state index in [0.29, 0.717) is 5.92 Å². The van der Waals surface area contributed by atoms with Crippen LogP contribution in [0.2, 0.25) is 5.82 Å². The maximum Gasteiger partial charge on any atom is 0.156 e. The number of para-hydroxylation sites is 3. The lowest BCUT2D eigenvalue weighted by atomic mass is 9.53. The quantitative estimate of drug-likeness (QED) is 0.0648. The second-order valence-electron chi connectivity index (χ2n) is 17.1. The summed E-state index contributed by atoms with van der Waals surface area (Å²) in [5.74, 6) is 0.788. The molecular weight excluding hydrogens is 784 g/mol. The van der Waals surface area contributed by atoms with Crippen LogP contribution in [0.25, 0.3) is 33.4 Å². The fourth-order valence-electron chi connectivity index (χ4n) is 9.31. The molecule has 0 fully saturated rings. The van der Waals surface area contributed by atoms with E-state index >= 15 is 0 Å². The van der Waals surface area contributed by atoms with Crippen LogP contribution < -0.4 is 9.80 Å². The fourth-order valence-corrected chi connectivity index (χ4v) is 9.31. The molecule has 65 heavy (non-hydrogen) atoms. The molecule has 0 amide bonds. The molecule has 8 aromatic carbocycles. The summed E-state index contributed by atoms with van der Waals surface area (Å²) in [4.78, 5) is 4.96. The number of hydrogen-bond acceptors (Lipinski definition) is 2. The van der Waals surface area contributed by atoms with Crippen molar-refractivity contribution in [2.45, 2.75) is 44.9 Å². The van der Waals surface area contributed by atoms with Crippen LogP contribution in [0.1, 0.15) is 38.7 Å². The van der Waals surface area contributed by atoms with Crippen LogP contribution >= 0.6 is 0 Å². The van der Waals surface area contributed by atoms with Crippen molar-refractivity contribution in [3.8, 4) is 33.4 Å². The maximum atomic E-state index is 2.58. The Morgan fingerprint density at radius 2 is 1.02 bits per heavy atom. The molecule has 0 spiro atoms. The van der Waals surface area contributed by atoms with Gasteiger partial charge in [0.25, 0.3) is 0 Å². The second-order valence-corrected chi connectivity index (χ2v) is 17.1. The van der Waals surface area contributed by atoms with Crippen LogP contribution in [0.15, 0.2) is 254 Å². The molecule has 0 bridgehead atoms. The molecule has 2 nitrogen and oxygen atoms in total. The summed E-state index contributed by atoms with van der Waals surface area (Å²) in [5, 5.41) is 0. The zero-order valence-electron chi connectivity index (χ0n) is 37.7. The average Bonchev–Trinajstić information content (AvgIpc) is 3.56. The van der Waals surface area contributed by atoms with E-state index in [0.717, 1.165) is 17.8 Å². The summed E-state index contributed by atoms with van der Waals surface area (Å²) in [6.45, 7) is 6.90. The van der Waals surface area contributed by atoms with E-state index in [4.69, 9.17) is 0 Å². The minimum absolute atomic E-state index is 0.134. The molecule has 8 aromatic rings. The summed E-state index contributed by atoms with van der Waals surface area (Å²) in [6.07, 6.45) is 12.9. The summed E-state index contributed by atoms with van der Waals surface area (Å²) < 4.78 is 0. The van der Waals surface area contributed by atoms with Gasteiger partial charge in [0.2, 0.25) is 0 Å². The van der Waals surface area contributed by atoms with Crippen molar-refractivity contribution in [2.24, 2.45) is 5.92 Å². The van der Waals surface area contributed by atoms with Gasteiger partial charge in [0.15, 0.2) is 7.28 Å². The molecule has 0 aromatic heterocycles. The SMILES string of the molecule is C/C=C(\C=C/C(C)c1ccccc1N(c1ccccc1)c1ccc(-c2ccccc2)cc1)C1[B]C(N(c2ccccc2)c2cccc(-c3cccc(-c4ccccc4)c3)c2)C(C)CC=C1. The van der Waals surface area contributed by atoms with E-state index in [9.17, 15) is 0 Å². The predicted molar refractivity (Wildman–Crippen MR) is 280 cm³/mol. The van der Waals surface area contributed by atoms with Gasteiger partial charge in [-0.15, -0.1) is 0 Å². The van der Waals surface area contributed by atoms with Crippen molar-refractivity contribution >= 4 is 35.7 Å². The van der Waals surface area contributed by atoms with E-state index in [1.54, 1.807) is 0 Å². The van der Waals surface area contributed by atoms with E-state index in [-0.39, 0.29) is 17.7 Å². The molecule has 0 aliphatic carbocycles. The molecule has 4 atom stereocenters. The summed E-state index contributed by atoms with van der Waals surface area (Å²) in [7, 11) is 2.58. The van der Waals surface area contributed by atoms with E-state index < -0.39 is 0 Å². The fraction of sp³-hybridized carbons (Fsp3) is 0.129. The minimum atomic E-state index is 0.134. The highest BCUT2D eigenvalue weighted by Gasteiger charge is 2.32. The highest BCUT2D eigenvalue weighted by atomic mass is 15.2. The largest absolute Gasteiger partial charge is 0.347 e. The van der Waals surface area contributed by atoms with Crippen molar-refractivity contribution in [2.75, 3.05) is 9.80 Å². The number of anilines is 5. The van der Waals surface area contributed by atoms with Crippen molar-refractivity contribution in [1.82, 2.24) is 0 Å². The normalized spacial score (nSPS) is 16.7. The summed E-state index contributed by atoms with van der Waals surface area (Å²) in [6, 6.07) is 78.7. The predicted octanol–water partition coefficient (Wildman–Crippen LogP) is 17.0. The molecule has 1 radical (unpaired) electrons. The zero-order chi connectivity index (χ0) is 44.4. The Bertz CT molecular complexity index is 2870. The Morgan fingerprint density at radius 3 is 1.68 bits per heavy atom. The van der Waals surface area contributed by atoms with Gasteiger partial charge in [-0.3, -0.25) is 0 Å². The van der Waals surface area contributed by atoms with E-state index in [1.165, 1.54) is 61.6 Å². The van der Waals surface area contributed by atoms with Gasteiger partial charge in [-0.1, -0.05) is 208 Å². The first kappa shape index (κ1) is 42.9. The highest BCUT2D eigenvalue weighted by molar-refractivity contribution is 6.43. The van der Waals surface area contributed by atoms with Gasteiger partial charge in [0.05, 0.1) is 0 Å². The van der Waals surface area contributed by atoms with Crippen molar-refractivity contribution < 1.29 is 0 Å². The third-order valence-corrected chi connectivity index (χ3v) is 12.8. The highest BCUT2D eigenvalue weighted by Crippen LogP contribution is 2.42. The number of nitrogens with zero attached hydrogens (tertiary/aromatic N) is 2. The van der Waals surface area contributed by atoms with Gasteiger partial charge in [0, 0.05) is 40.3 Å². The first-order chi connectivity index (χ1) is 32.0. The molecule has 4 unspecified atom stereocenters. The number of hydrogen-bond donors (Lipinski definition) is 0. The molecule has 0 N–H and O–H groups in total. The third-order valence-electron chi connectivity index (χ3n) is 12.8. The van der Waals surface area contributed by atoms with Gasteiger partial charge in [-0.25, -0.2) is 0 Å². The Balaban J connectivity index is 1.00. The first-order valence-electron chi connectivity index (χ1n) is 23.1. The Morgan fingerprint density at radius 1 is 0.523 bits per heavy atom. The van der Waals surface area contributed by atoms with Gasteiger partial charge >= 0.3 is 0 Å². The Kier molecular flexibility index (Phi) is 13.5. The zero-order valence-corrected chi connectivity index (χ0v) is 37.7. The summed E-state index contributed by atoms with van der Waals surface area (Å²) in [5.41, 5.74) is 15.7. The maximum absolute atomic E-state index is 2.58. The topological polar surface area (TPSA) is 6.48 Å². The van der Waals surface area contributed by atoms with Gasteiger partial charge < -0.3 is 9.80 Å². The molecule has 1 heterocycles. The monoisotopic (exact) mass is 839 g/mol. The Hall–Kier alpha value is -7.36. The van der Waals surface area contributed by atoms with Crippen molar-refractivity contribution in [1.29, 1.82) is 0 Å². The molecule has 1 aliphatic heterocycles. The molecule has 9 rings (SSSR count). The van der Waals surface area contributed by atoms with Crippen LogP contribution in [0.5, 0.6) is 0 Å². The molecule has 0 saturated heterocycles. The molecule has 3 heteroatoms. The standard InChI is InChI=1S/C62H56BN2/c1-4-48(39-38-46(2)59-35-17-18-37-61(59)64(55-30-13-7-14-31-55)57-42-40-51(41-43-57)49-23-9-5-10-24-49)60-36-19-22-47(3)62(63-60)65(56-32-15-8-16-33-56)58-34-21-29-54(45-58)53-28-20-27-52(44-53)50-25-11-6-12-26-50/h4-21,23-47,60,62H,22H2,1-3H3/b39-38-,48-4+. The van der Waals surface area contributed by atoms with Gasteiger partial charge in [-0.2, -0.15) is 0 Å². The summed E-state index contributed by atoms with van der Waals surface area (Å²) >= 11 is 0. The lowest BCUT2D eigenvalue weighted by Gasteiger charge is -2.38. The lowest BCUT2D eigenvalue weighted by Crippen LogP contribution is -2.42. The molecule has 317 valence electrons. The number of benzene rings is 8. The van der Waals surface area contributed by atoms with Crippen LogP contribution in [-0.4, -0.2) is 13.2 Å². The van der Waals surface area contributed by atoms with E-state index in [2.05, 4.69) is 287 Å². The lowest BCUT2D eigenvalue weighted by molar-refractivity contribution is 0.553. The first-order valence-corrected chi connectivity index (χ1v) is 23.1. The van der Waals surface area contributed by atoms with Crippen molar-refractivity contribution in [3.05, 3.63) is 260 Å². The second kappa shape index (κ2) is 20.4. The van der Waals surface area contributed by atoms with Crippen LogP contribution in [0.3, 0.4) is 0 Å². The number of rotatable bonds is 13. The number of allylic oxidation sites excluding steroid dienone is 6. The third kappa shape index (κ3) is 9.91. The van der Waals surface area contributed by atoms with Crippen LogP contribution in [0.4, 0.5) is 28.4 Å². The smallest absolute Gasteiger partial charge is 0.156 e.